The van der Waals surface area contributed by atoms with Crippen LogP contribution in [0.1, 0.15) is 53.7 Å². The van der Waals surface area contributed by atoms with Crippen LogP contribution in [0.25, 0.3) is 0 Å². The van der Waals surface area contributed by atoms with E-state index in [0.29, 0.717) is 18.1 Å². The van der Waals surface area contributed by atoms with Gasteiger partial charge in [0.25, 0.3) is 5.91 Å². The first-order chi connectivity index (χ1) is 9.59. The van der Waals surface area contributed by atoms with Gasteiger partial charge in [-0.05, 0) is 20.3 Å². The second kappa shape index (κ2) is 6.81. The van der Waals surface area contributed by atoms with Crippen LogP contribution in [0.5, 0.6) is 0 Å². The second-order valence-electron chi connectivity index (χ2n) is 6.45. The average Bonchev–Trinajstić information content (AvgIpc) is 2.84. The minimum atomic E-state index is -1.46. The summed E-state index contributed by atoms with van der Waals surface area (Å²) in [6.45, 7) is 11.8. The van der Waals surface area contributed by atoms with Crippen LogP contribution >= 0.6 is 0 Å². The Morgan fingerprint density at radius 1 is 1.38 bits per heavy atom. The number of hydrogen-bond acceptors (Lipinski definition) is 5. The Labute approximate surface area is 129 Å². The summed E-state index contributed by atoms with van der Waals surface area (Å²) >= 11 is -1.46. The van der Waals surface area contributed by atoms with Crippen LogP contribution in [0.2, 0.25) is 0 Å². The zero-order valence-electron chi connectivity index (χ0n) is 13.6. The van der Waals surface area contributed by atoms with Crippen molar-refractivity contribution in [3.05, 3.63) is 11.8 Å². The van der Waals surface area contributed by atoms with E-state index in [1.807, 2.05) is 27.7 Å². The smallest absolute Gasteiger partial charge is 0.283 e. The number of rotatable bonds is 6. The van der Waals surface area contributed by atoms with Gasteiger partial charge in [-0.1, -0.05) is 32.9 Å². The van der Waals surface area contributed by atoms with E-state index in [0.717, 1.165) is 6.42 Å². The molecule has 0 aliphatic heterocycles. The van der Waals surface area contributed by atoms with Crippen LogP contribution in [0.4, 0.5) is 5.82 Å². The molecule has 0 bridgehead atoms. The van der Waals surface area contributed by atoms with E-state index in [2.05, 4.69) is 15.2 Å². The molecule has 1 heterocycles. The predicted molar refractivity (Wildman–Crippen MR) is 84.3 cm³/mol. The molecule has 0 aliphatic rings. The number of nitrogens with zero attached hydrogens (tertiary/aromatic N) is 1. The molecule has 1 aromatic rings. The van der Waals surface area contributed by atoms with Crippen molar-refractivity contribution in [2.24, 2.45) is 0 Å². The molecule has 1 amide bonds. The van der Waals surface area contributed by atoms with Gasteiger partial charge in [-0.2, -0.15) is 0 Å². The molecule has 0 saturated carbocycles. The molecule has 1 rings (SSSR count). The monoisotopic (exact) mass is 315 g/mol. The number of amides is 1. The highest BCUT2D eigenvalue weighted by Gasteiger charge is 2.41. The van der Waals surface area contributed by atoms with E-state index in [1.54, 1.807) is 19.9 Å². The second-order valence-corrected chi connectivity index (χ2v) is 8.30. The van der Waals surface area contributed by atoms with Gasteiger partial charge in [0.05, 0.1) is 11.4 Å². The highest BCUT2D eigenvalue weighted by atomic mass is 32.2. The Morgan fingerprint density at radius 2 is 2.00 bits per heavy atom. The maximum Gasteiger partial charge on any atom is 0.283 e. The first kappa shape index (κ1) is 18.0. The van der Waals surface area contributed by atoms with Crippen molar-refractivity contribution in [1.29, 1.82) is 0 Å². The van der Waals surface area contributed by atoms with Gasteiger partial charge in [-0.25, -0.2) is 0 Å². The number of nitrogens with one attached hydrogen (secondary N) is 2. The molecular formula is C14H25N3O3S. The largest absolute Gasteiger partial charge is 0.597 e. The summed E-state index contributed by atoms with van der Waals surface area (Å²) in [5, 5.41) is 6.49. The van der Waals surface area contributed by atoms with Crippen molar-refractivity contribution in [3.63, 3.8) is 0 Å². The van der Waals surface area contributed by atoms with Gasteiger partial charge < -0.3 is 14.4 Å². The predicted octanol–water partition coefficient (Wildman–Crippen LogP) is 2.35. The van der Waals surface area contributed by atoms with Crippen LogP contribution in [0.3, 0.4) is 0 Å². The molecule has 6 nitrogen and oxygen atoms in total. The first-order valence-corrected chi connectivity index (χ1v) is 8.18. The Hall–Kier alpha value is -1.05. The summed E-state index contributed by atoms with van der Waals surface area (Å²) in [4.78, 5) is 12.3. The maximum atomic E-state index is 12.3. The number of hydrogen-bond donors (Lipinski definition) is 2. The first-order valence-electron chi connectivity index (χ1n) is 7.03. The normalized spacial score (nSPS) is 14.0. The molecule has 0 aromatic carbocycles. The molecule has 1 unspecified atom stereocenters. The molecule has 21 heavy (non-hydrogen) atoms. The highest BCUT2D eigenvalue weighted by Crippen LogP contribution is 2.25. The fraction of sp³-hybridized carbons (Fsp3) is 0.714. The summed E-state index contributed by atoms with van der Waals surface area (Å²) in [5.41, 5.74) is -0.184. The van der Waals surface area contributed by atoms with Crippen LogP contribution in [-0.2, 0) is 21.6 Å². The number of aromatic nitrogens is 1. The van der Waals surface area contributed by atoms with Gasteiger partial charge in [0.1, 0.15) is 5.76 Å². The van der Waals surface area contributed by atoms with Crippen molar-refractivity contribution in [3.8, 4) is 0 Å². The van der Waals surface area contributed by atoms with Crippen LogP contribution in [-0.4, -0.2) is 26.9 Å². The third-order valence-electron chi connectivity index (χ3n) is 2.98. The van der Waals surface area contributed by atoms with Crippen LogP contribution < -0.4 is 10.0 Å². The van der Waals surface area contributed by atoms with Crippen LogP contribution in [0, 0.1) is 0 Å². The summed E-state index contributed by atoms with van der Waals surface area (Å²) in [7, 11) is 0. The van der Waals surface area contributed by atoms with Crippen molar-refractivity contribution in [2.45, 2.75) is 58.1 Å². The topological polar surface area (TPSA) is 90.2 Å². The van der Waals surface area contributed by atoms with Crippen molar-refractivity contribution < 1.29 is 13.9 Å². The lowest BCUT2D eigenvalue weighted by Crippen LogP contribution is -2.50. The van der Waals surface area contributed by atoms with Crippen LogP contribution in [0.15, 0.2) is 10.6 Å². The van der Waals surface area contributed by atoms with Gasteiger partial charge in [0.15, 0.2) is 5.82 Å². The molecule has 0 saturated heterocycles. The highest BCUT2D eigenvalue weighted by molar-refractivity contribution is 7.91. The van der Waals surface area contributed by atoms with Gasteiger partial charge in [-0.15, -0.1) is 4.72 Å². The van der Waals surface area contributed by atoms with Gasteiger partial charge in [0, 0.05) is 18.0 Å². The third kappa shape index (κ3) is 4.72. The Balaban J connectivity index is 2.73. The quantitative estimate of drug-likeness (QED) is 0.786. The lowest BCUT2D eigenvalue weighted by atomic mass is 9.93. The molecule has 120 valence electrons. The van der Waals surface area contributed by atoms with E-state index in [-0.39, 0.29) is 11.3 Å². The fourth-order valence-electron chi connectivity index (χ4n) is 1.41. The van der Waals surface area contributed by atoms with Crippen molar-refractivity contribution in [1.82, 2.24) is 9.88 Å². The molecule has 1 aromatic heterocycles. The standard InChI is InChI=1S/C14H25N3O3S/c1-7-8-15-21(19)14(5,6)12(18)16-11-9-10(20-17-11)13(2,3)4/h9,15H,7-8H2,1-6H3,(H,16,17,18). The minimum absolute atomic E-state index is 0.184. The fourth-order valence-corrected chi connectivity index (χ4v) is 2.38. The summed E-state index contributed by atoms with van der Waals surface area (Å²) in [6.07, 6.45) is 0.849. The lowest BCUT2D eigenvalue weighted by Gasteiger charge is -2.26. The molecule has 0 radical (unpaired) electrons. The molecular weight excluding hydrogens is 290 g/mol. The molecule has 2 N–H and O–H groups in total. The number of anilines is 1. The van der Waals surface area contributed by atoms with E-state index >= 15 is 0 Å². The van der Waals surface area contributed by atoms with E-state index in [4.69, 9.17) is 4.52 Å². The number of carbonyl (C=O) groups excluding carboxylic acids is 1. The van der Waals surface area contributed by atoms with Gasteiger partial charge in [0.2, 0.25) is 4.75 Å². The molecule has 0 fully saturated rings. The zero-order valence-corrected chi connectivity index (χ0v) is 14.4. The van der Waals surface area contributed by atoms with Crippen molar-refractivity contribution >= 4 is 23.1 Å². The zero-order chi connectivity index (χ0) is 16.3. The van der Waals surface area contributed by atoms with E-state index in [9.17, 15) is 9.35 Å². The summed E-state index contributed by atoms with van der Waals surface area (Å²) in [5.74, 6) is 0.657. The number of carbonyl (C=O) groups is 1. The Bertz CT molecular complexity index is 480. The van der Waals surface area contributed by atoms with E-state index in [1.165, 1.54) is 0 Å². The molecule has 1 atom stereocenters. The SMILES string of the molecule is CCCN[S+]([O-])C(C)(C)C(=O)Nc1cc(C(C)(C)C)on1. The van der Waals surface area contributed by atoms with Gasteiger partial charge in [-0.3, -0.25) is 4.79 Å². The summed E-state index contributed by atoms with van der Waals surface area (Å²) in [6, 6.07) is 1.69. The molecule has 7 heteroatoms. The maximum absolute atomic E-state index is 12.3. The Morgan fingerprint density at radius 3 is 2.48 bits per heavy atom. The van der Waals surface area contributed by atoms with Gasteiger partial charge >= 0.3 is 0 Å². The van der Waals surface area contributed by atoms with E-state index < -0.39 is 16.1 Å². The molecule has 0 spiro atoms. The third-order valence-corrected chi connectivity index (χ3v) is 4.56. The average molecular weight is 315 g/mol. The minimum Gasteiger partial charge on any atom is -0.597 e. The summed E-state index contributed by atoms with van der Waals surface area (Å²) < 4.78 is 19.1. The Kier molecular flexibility index (Phi) is 5.83. The molecule has 0 aliphatic carbocycles. The lowest BCUT2D eigenvalue weighted by molar-refractivity contribution is -0.117. The van der Waals surface area contributed by atoms with Crippen molar-refractivity contribution in [2.75, 3.05) is 11.9 Å².